The molecule has 9 nitrogen and oxygen atoms in total. The van der Waals surface area contributed by atoms with E-state index in [9.17, 15) is 48.4 Å². The maximum Gasteiger partial charge on any atom is 0.419 e. The Labute approximate surface area is 237 Å². The lowest BCUT2D eigenvalue weighted by Gasteiger charge is -2.28. The predicted octanol–water partition coefficient (Wildman–Crippen LogP) is 4.94. The summed E-state index contributed by atoms with van der Waals surface area (Å²) in [4.78, 5) is 26.8. The van der Waals surface area contributed by atoms with Crippen LogP contribution in [0, 0.1) is 11.6 Å². The SMILES string of the molecule is CC1(C)C(=O)N(c2ccc(F)c(C(F)(F)F)c2)C(=O)N1Cc1ccc(F)cc1NS(=O)(=O)c1ccccc1S(C)(=O)=O. The number of halogens is 5. The number of alkyl halides is 3. The number of urea groups is 1. The van der Waals surface area contributed by atoms with Crippen LogP contribution in [0.2, 0.25) is 0 Å². The maximum atomic E-state index is 14.3. The van der Waals surface area contributed by atoms with Crippen molar-refractivity contribution in [1.82, 2.24) is 4.90 Å². The van der Waals surface area contributed by atoms with Crippen molar-refractivity contribution in [3.8, 4) is 0 Å². The Bertz CT molecular complexity index is 1830. The van der Waals surface area contributed by atoms with E-state index >= 15 is 0 Å². The van der Waals surface area contributed by atoms with Crippen molar-refractivity contribution in [3.05, 3.63) is 83.4 Å². The highest BCUT2D eigenvalue weighted by Crippen LogP contribution is 2.38. The van der Waals surface area contributed by atoms with Crippen molar-refractivity contribution in [1.29, 1.82) is 0 Å². The first kappa shape index (κ1) is 30.9. The number of carbonyl (C=O) groups is 2. The number of sulfonamides is 1. The van der Waals surface area contributed by atoms with Crippen LogP contribution in [0.25, 0.3) is 0 Å². The van der Waals surface area contributed by atoms with E-state index in [-0.39, 0.29) is 5.56 Å². The molecule has 0 atom stereocenters. The summed E-state index contributed by atoms with van der Waals surface area (Å²) in [5.41, 5.74) is -4.37. The number of nitrogens with zero attached hydrogens (tertiary/aromatic N) is 2. The summed E-state index contributed by atoms with van der Waals surface area (Å²) in [7, 11) is -8.65. The Hall–Kier alpha value is -4.05. The van der Waals surface area contributed by atoms with Crippen LogP contribution in [0.5, 0.6) is 0 Å². The number of imide groups is 1. The topological polar surface area (TPSA) is 121 Å². The monoisotopic (exact) mass is 631 g/mol. The number of benzene rings is 3. The third-order valence-electron chi connectivity index (χ3n) is 6.52. The zero-order chi connectivity index (χ0) is 31.4. The number of amides is 3. The number of nitrogens with one attached hydrogen (secondary N) is 1. The van der Waals surface area contributed by atoms with Crippen LogP contribution >= 0.6 is 0 Å². The van der Waals surface area contributed by atoms with Gasteiger partial charge in [-0.1, -0.05) is 18.2 Å². The third-order valence-corrected chi connectivity index (χ3v) is 9.23. The molecule has 0 aliphatic carbocycles. The van der Waals surface area contributed by atoms with Crippen LogP contribution in [-0.2, 0) is 37.4 Å². The van der Waals surface area contributed by atoms with Crippen LogP contribution < -0.4 is 9.62 Å². The van der Waals surface area contributed by atoms with Crippen molar-refractivity contribution < 1.29 is 48.4 Å². The minimum atomic E-state index is -5.11. The molecule has 4 rings (SSSR count). The van der Waals surface area contributed by atoms with Gasteiger partial charge in [0.25, 0.3) is 15.9 Å². The highest BCUT2D eigenvalue weighted by molar-refractivity contribution is 7.95. The van der Waals surface area contributed by atoms with Gasteiger partial charge in [-0.15, -0.1) is 0 Å². The standard InChI is InChI=1S/C26H22F5N3O6S2/c1-25(2)23(35)34(17-10-11-19(28)18(13-17)26(29,30)31)24(36)33(25)14-15-8-9-16(27)12-20(15)32-42(39,40)22-7-5-4-6-21(22)41(3,37)38/h4-13,32H,14H2,1-3H3. The molecule has 3 aromatic rings. The van der Waals surface area contributed by atoms with Crippen LogP contribution in [0.3, 0.4) is 0 Å². The number of sulfone groups is 1. The van der Waals surface area contributed by atoms with Gasteiger partial charge in [0.2, 0.25) is 0 Å². The maximum absolute atomic E-state index is 14.3. The van der Waals surface area contributed by atoms with E-state index in [0.717, 1.165) is 47.6 Å². The lowest BCUT2D eigenvalue weighted by molar-refractivity contribution is -0.140. The summed E-state index contributed by atoms with van der Waals surface area (Å²) in [5.74, 6) is -3.47. The molecule has 0 saturated carbocycles. The highest BCUT2D eigenvalue weighted by atomic mass is 32.2. The smallest absolute Gasteiger partial charge is 0.305 e. The third kappa shape index (κ3) is 5.68. The highest BCUT2D eigenvalue weighted by Gasteiger charge is 2.52. The van der Waals surface area contributed by atoms with Gasteiger partial charge >= 0.3 is 12.2 Å². The van der Waals surface area contributed by atoms with Gasteiger partial charge in [-0.05, 0) is 61.9 Å². The van der Waals surface area contributed by atoms with Crippen molar-refractivity contribution in [2.24, 2.45) is 0 Å². The van der Waals surface area contributed by atoms with Crippen LogP contribution in [0.15, 0.2) is 70.5 Å². The number of anilines is 2. The Kier molecular flexibility index (Phi) is 7.61. The van der Waals surface area contributed by atoms with Gasteiger partial charge in [0.15, 0.2) is 9.84 Å². The van der Waals surface area contributed by atoms with E-state index in [1.165, 1.54) is 26.0 Å². The normalized spacial score (nSPS) is 15.8. The summed E-state index contributed by atoms with van der Waals surface area (Å²) in [5, 5.41) is 0. The number of hydrogen-bond donors (Lipinski definition) is 1. The van der Waals surface area contributed by atoms with E-state index in [0.29, 0.717) is 17.0 Å². The molecule has 1 fully saturated rings. The fourth-order valence-corrected chi connectivity index (χ4v) is 7.05. The second-order valence-corrected chi connectivity index (χ2v) is 13.5. The fraction of sp³-hybridized carbons (Fsp3) is 0.231. The van der Waals surface area contributed by atoms with Gasteiger partial charge in [0.05, 0.1) is 28.4 Å². The predicted molar refractivity (Wildman–Crippen MR) is 141 cm³/mol. The van der Waals surface area contributed by atoms with Crippen LogP contribution in [0.1, 0.15) is 25.0 Å². The molecular formula is C26H22F5N3O6S2. The Morgan fingerprint density at radius 3 is 2.10 bits per heavy atom. The minimum absolute atomic E-state index is 0.0389. The molecule has 3 amide bonds. The molecular weight excluding hydrogens is 609 g/mol. The molecule has 16 heteroatoms. The molecule has 1 saturated heterocycles. The van der Waals surface area contributed by atoms with E-state index < -0.39 is 88.4 Å². The Morgan fingerprint density at radius 1 is 0.881 bits per heavy atom. The second kappa shape index (κ2) is 10.3. The summed E-state index contributed by atoms with van der Waals surface area (Å²) >= 11 is 0. The largest absolute Gasteiger partial charge is 0.419 e. The number of carbonyl (C=O) groups excluding carboxylic acids is 2. The molecule has 1 aliphatic heterocycles. The number of rotatable bonds is 7. The van der Waals surface area contributed by atoms with Crippen molar-refractivity contribution >= 4 is 43.2 Å². The number of hydrogen-bond acceptors (Lipinski definition) is 6. The van der Waals surface area contributed by atoms with E-state index in [2.05, 4.69) is 4.72 Å². The van der Waals surface area contributed by atoms with Crippen molar-refractivity contribution in [2.45, 2.75) is 41.9 Å². The van der Waals surface area contributed by atoms with Gasteiger partial charge in [0, 0.05) is 6.26 Å². The van der Waals surface area contributed by atoms with Gasteiger partial charge in [0.1, 0.15) is 22.1 Å². The van der Waals surface area contributed by atoms with Gasteiger partial charge in [-0.2, -0.15) is 13.2 Å². The van der Waals surface area contributed by atoms with E-state index in [4.69, 9.17) is 0 Å². The molecule has 3 aromatic carbocycles. The molecule has 0 bridgehead atoms. The van der Waals surface area contributed by atoms with Crippen LogP contribution in [0.4, 0.5) is 38.1 Å². The van der Waals surface area contributed by atoms with Gasteiger partial charge in [-0.25, -0.2) is 35.3 Å². The molecule has 42 heavy (non-hydrogen) atoms. The second-order valence-electron chi connectivity index (χ2n) is 9.86. The molecule has 0 aromatic heterocycles. The summed E-state index contributed by atoms with van der Waals surface area (Å²) in [6.07, 6.45) is -4.31. The molecule has 0 radical (unpaired) electrons. The first-order valence-electron chi connectivity index (χ1n) is 11.9. The molecule has 1 N–H and O–H groups in total. The summed E-state index contributed by atoms with van der Waals surface area (Å²) in [6.45, 7) is 2.04. The first-order valence-corrected chi connectivity index (χ1v) is 15.3. The molecule has 1 heterocycles. The van der Waals surface area contributed by atoms with Crippen molar-refractivity contribution in [2.75, 3.05) is 15.9 Å². The molecule has 224 valence electrons. The van der Waals surface area contributed by atoms with Crippen molar-refractivity contribution in [3.63, 3.8) is 0 Å². The molecule has 0 spiro atoms. The molecule has 1 aliphatic rings. The minimum Gasteiger partial charge on any atom is -0.305 e. The fourth-order valence-electron chi connectivity index (χ4n) is 4.33. The van der Waals surface area contributed by atoms with Gasteiger partial charge < -0.3 is 4.90 Å². The van der Waals surface area contributed by atoms with Crippen LogP contribution in [-0.4, -0.2) is 45.5 Å². The van der Waals surface area contributed by atoms with E-state index in [1.807, 2.05) is 0 Å². The average Bonchev–Trinajstić information content (AvgIpc) is 3.03. The zero-order valence-corrected chi connectivity index (χ0v) is 23.7. The zero-order valence-electron chi connectivity index (χ0n) is 22.0. The quantitative estimate of drug-likeness (QED) is 0.292. The summed E-state index contributed by atoms with van der Waals surface area (Å²) < 4.78 is 121. The lowest BCUT2D eigenvalue weighted by Crippen LogP contribution is -2.43. The Balaban J connectivity index is 1.73. The lowest BCUT2D eigenvalue weighted by atomic mass is 10.0. The Morgan fingerprint density at radius 2 is 1.50 bits per heavy atom. The van der Waals surface area contributed by atoms with Gasteiger partial charge in [-0.3, -0.25) is 9.52 Å². The molecule has 0 unspecified atom stereocenters. The van der Waals surface area contributed by atoms with E-state index in [1.54, 1.807) is 0 Å². The average molecular weight is 632 g/mol. The summed E-state index contributed by atoms with van der Waals surface area (Å²) in [6, 6.07) is 8.04. The first-order chi connectivity index (χ1) is 19.2.